The van der Waals surface area contributed by atoms with Crippen LogP contribution in [0.4, 0.5) is 5.69 Å². The van der Waals surface area contributed by atoms with Gasteiger partial charge in [0.25, 0.3) is 11.7 Å². The number of aliphatic hydroxyl groups is 1. The number of hydrogen-bond acceptors (Lipinski definition) is 4. The second kappa shape index (κ2) is 7.41. The summed E-state index contributed by atoms with van der Waals surface area (Å²) in [6.45, 7) is 1.87. The molecule has 5 rings (SSSR count). The Kier molecular flexibility index (Phi) is 4.68. The molecule has 0 saturated carbocycles. The number of hydrogen-bond donors (Lipinski definition) is 2. The number of rotatable bonds is 3. The Bertz CT molecular complexity index is 1370. The number of carbonyl (C=O) groups excluding carboxylic acids is 2. The normalized spacial score (nSPS) is 18.3. The van der Waals surface area contributed by atoms with Crippen LogP contribution in [0.2, 0.25) is 5.02 Å². The summed E-state index contributed by atoms with van der Waals surface area (Å²) in [5.41, 5.74) is 2.75. The van der Waals surface area contributed by atoms with Gasteiger partial charge in [-0.15, -0.1) is 11.3 Å². The highest BCUT2D eigenvalue weighted by Crippen LogP contribution is 2.44. The van der Waals surface area contributed by atoms with Crippen LogP contribution in [-0.4, -0.2) is 21.8 Å². The molecule has 0 spiro atoms. The van der Waals surface area contributed by atoms with Crippen molar-refractivity contribution in [2.75, 3.05) is 4.90 Å². The summed E-state index contributed by atoms with van der Waals surface area (Å²) in [5, 5.41) is 14.4. The van der Waals surface area contributed by atoms with Crippen LogP contribution in [0.25, 0.3) is 16.7 Å². The average Bonchev–Trinajstić information content (AvgIpc) is 3.49. The Morgan fingerprint density at radius 2 is 1.94 bits per heavy atom. The first-order valence-corrected chi connectivity index (χ1v) is 10.9. The van der Waals surface area contributed by atoms with Gasteiger partial charge in [-0.05, 0) is 42.1 Å². The number of halogens is 1. The van der Waals surface area contributed by atoms with Crippen LogP contribution >= 0.6 is 22.9 Å². The molecule has 2 aromatic heterocycles. The van der Waals surface area contributed by atoms with Gasteiger partial charge in [0.15, 0.2) is 0 Å². The van der Waals surface area contributed by atoms with E-state index in [0.29, 0.717) is 16.3 Å². The van der Waals surface area contributed by atoms with Crippen molar-refractivity contribution in [1.29, 1.82) is 0 Å². The minimum atomic E-state index is -0.743. The van der Waals surface area contributed by atoms with Gasteiger partial charge >= 0.3 is 0 Å². The maximum absolute atomic E-state index is 13.2. The van der Waals surface area contributed by atoms with Crippen LogP contribution in [0.5, 0.6) is 0 Å². The van der Waals surface area contributed by atoms with Gasteiger partial charge in [0.1, 0.15) is 11.8 Å². The number of aryl methyl sites for hydroxylation is 1. The minimum absolute atomic E-state index is 0.0638. The van der Waals surface area contributed by atoms with Crippen LogP contribution < -0.4 is 4.90 Å². The maximum atomic E-state index is 13.2. The predicted octanol–water partition coefficient (Wildman–Crippen LogP) is 5.82. The first kappa shape index (κ1) is 19.6. The zero-order valence-corrected chi connectivity index (χ0v) is 18.0. The molecule has 0 aliphatic carbocycles. The molecule has 31 heavy (non-hydrogen) atoms. The Balaban J connectivity index is 1.74. The fraction of sp³-hybridized carbons (Fsp3) is 0.0833. The van der Waals surface area contributed by atoms with E-state index in [-0.39, 0.29) is 11.3 Å². The van der Waals surface area contributed by atoms with Crippen molar-refractivity contribution in [1.82, 2.24) is 4.98 Å². The van der Waals surface area contributed by atoms with E-state index >= 15 is 0 Å². The van der Waals surface area contributed by atoms with Crippen LogP contribution in [0.1, 0.15) is 22.0 Å². The number of aliphatic hydroxyl groups excluding tert-OH is 1. The molecule has 2 N–H and O–H groups in total. The molecule has 1 aliphatic rings. The van der Waals surface area contributed by atoms with E-state index in [9.17, 15) is 14.7 Å². The first-order chi connectivity index (χ1) is 15.0. The average molecular weight is 449 g/mol. The number of para-hydroxylation sites is 1. The summed E-state index contributed by atoms with van der Waals surface area (Å²) in [7, 11) is 0. The Labute approximate surface area is 187 Å². The highest BCUT2D eigenvalue weighted by Gasteiger charge is 2.47. The third-order valence-electron chi connectivity index (χ3n) is 5.54. The van der Waals surface area contributed by atoms with Gasteiger partial charge in [-0.1, -0.05) is 41.9 Å². The summed E-state index contributed by atoms with van der Waals surface area (Å²) in [5.74, 6) is -1.62. The number of amides is 1. The van der Waals surface area contributed by atoms with Crippen molar-refractivity contribution in [2.24, 2.45) is 0 Å². The van der Waals surface area contributed by atoms with Crippen LogP contribution in [0.3, 0.4) is 0 Å². The van der Waals surface area contributed by atoms with Crippen LogP contribution in [0.15, 0.2) is 71.7 Å². The first-order valence-electron chi connectivity index (χ1n) is 9.64. The van der Waals surface area contributed by atoms with E-state index in [1.165, 1.54) is 16.2 Å². The lowest BCUT2D eigenvalue weighted by atomic mass is 9.99. The highest BCUT2D eigenvalue weighted by atomic mass is 35.5. The molecule has 4 aromatic rings. The number of nitrogens with one attached hydrogen (secondary N) is 1. The van der Waals surface area contributed by atoms with E-state index in [1.54, 1.807) is 18.3 Å². The molecule has 2 aromatic carbocycles. The third kappa shape index (κ3) is 3.07. The summed E-state index contributed by atoms with van der Waals surface area (Å²) in [6, 6.07) is 15.7. The van der Waals surface area contributed by atoms with Gasteiger partial charge in [0.2, 0.25) is 0 Å². The van der Waals surface area contributed by atoms with Crippen molar-refractivity contribution >= 4 is 57.0 Å². The number of thiophene rings is 1. The number of aromatic amines is 1. The Hall–Kier alpha value is -3.35. The summed E-state index contributed by atoms with van der Waals surface area (Å²) in [6.07, 6.45) is 1.65. The summed E-state index contributed by atoms with van der Waals surface area (Å²) >= 11 is 7.73. The largest absolute Gasteiger partial charge is 0.507 e. The molecule has 0 radical (unpaired) electrons. The third-order valence-corrected chi connectivity index (χ3v) is 6.87. The smallest absolute Gasteiger partial charge is 0.300 e. The number of carbonyl (C=O) groups is 2. The fourth-order valence-electron chi connectivity index (χ4n) is 3.96. The number of fused-ring (bicyclic) bond motifs is 1. The van der Waals surface area contributed by atoms with Crippen molar-refractivity contribution < 1.29 is 14.7 Å². The second-order valence-corrected chi connectivity index (χ2v) is 8.75. The molecule has 7 heteroatoms. The number of nitrogens with zero attached hydrogens (tertiary/aromatic N) is 1. The van der Waals surface area contributed by atoms with E-state index in [0.717, 1.165) is 21.3 Å². The molecule has 1 amide bonds. The standard InChI is InChI=1S/C24H17ClN2O3S/c1-13-8-9-14(11-17(13)25)27-21(19-7-4-10-31-19)20(23(29)24(27)30)22(28)16-12-26-18-6-3-2-5-15(16)18/h2-12,21,26,28H,1H3/b22-20-. The van der Waals surface area contributed by atoms with Crippen molar-refractivity contribution in [3.8, 4) is 0 Å². The molecule has 0 bridgehead atoms. The van der Waals surface area contributed by atoms with Crippen molar-refractivity contribution in [3.05, 3.63) is 92.8 Å². The maximum Gasteiger partial charge on any atom is 0.300 e. The van der Waals surface area contributed by atoms with Crippen molar-refractivity contribution in [2.45, 2.75) is 13.0 Å². The molecule has 5 nitrogen and oxygen atoms in total. The molecule has 1 aliphatic heterocycles. The molecule has 1 unspecified atom stereocenters. The lowest BCUT2D eigenvalue weighted by molar-refractivity contribution is -0.132. The highest BCUT2D eigenvalue weighted by molar-refractivity contribution is 7.10. The van der Waals surface area contributed by atoms with Crippen LogP contribution in [0, 0.1) is 6.92 Å². The minimum Gasteiger partial charge on any atom is -0.507 e. The van der Waals surface area contributed by atoms with Crippen molar-refractivity contribution in [3.63, 3.8) is 0 Å². The summed E-state index contributed by atoms with van der Waals surface area (Å²) in [4.78, 5) is 31.6. The number of H-pyrrole nitrogens is 1. The van der Waals surface area contributed by atoms with Gasteiger partial charge in [0.05, 0.1) is 5.57 Å². The Morgan fingerprint density at radius 3 is 2.68 bits per heavy atom. The molecular formula is C24H17ClN2O3S. The van der Waals surface area contributed by atoms with E-state index in [4.69, 9.17) is 11.6 Å². The molecule has 1 atom stereocenters. The molecule has 1 saturated heterocycles. The SMILES string of the molecule is Cc1ccc(N2C(=O)C(=O)/C(=C(\O)c3c[nH]c4ccccc34)C2c2cccs2)cc1Cl. The summed E-state index contributed by atoms with van der Waals surface area (Å²) < 4.78 is 0. The monoisotopic (exact) mass is 448 g/mol. The molecule has 154 valence electrons. The van der Waals surface area contributed by atoms with E-state index in [1.807, 2.05) is 54.8 Å². The topological polar surface area (TPSA) is 73.4 Å². The molecule has 1 fully saturated rings. The molecular weight excluding hydrogens is 432 g/mol. The number of benzene rings is 2. The number of Topliss-reactive ketones (excluding diaryl/α,β-unsaturated/α-hetero) is 1. The van der Waals surface area contributed by atoms with Gasteiger partial charge in [0, 0.05) is 38.3 Å². The Morgan fingerprint density at radius 1 is 1.13 bits per heavy atom. The molecule has 3 heterocycles. The van der Waals surface area contributed by atoms with E-state index in [2.05, 4.69) is 4.98 Å². The van der Waals surface area contributed by atoms with Gasteiger partial charge in [-0.2, -0.15) is 0 Å². The van der Waals surface area contributed by atoms with Gasteiger partial charge in [-0.25, -0.2) is 0 Å². The van der Waals surface area contributed by atoms with Gasteiger partial charge in [-0.3, -0.25) is 14.5 Å². The van der Waals surface area contributed by atoms with Gasteiger partial charge < -0.3 is 10.1 Å². The lowest BCUT2D eigenvalue weighted by Gasteiger charge is -2.24. The number of aromatic nitrogens is 1. The fourth-order valence-corrected chi connectivity index (χ4v) is 4.96. The van der Waals surface area contributed by atoms with Crippen LogP contribution in [-0.2, 0) is 9.59 Å². The second-order valence-electron chi connectivity index (χ2n) is 7.37. The zero-order valence-electron chi connectivity index (χ0n) is 16.4. The predicted molar refractivity (Wildman–Crippen MR) is 124 cm³/mol. The zero-order chi connectivity index (χ0) is 21.7. The van der Waals surface area contributed by atoms with E-state index < -0.39 is 17.7 Å². The number of anilines is 1. The lowest BCUT2D eigenvalue weighted by Crippen LogP contribution is -2.29. The number of ketones is 1. The quantitative estimate of drug-likeness (QED) is 0.236.